The summed E-state index contributed by atoms with van der Waals surface area (Å²) in [7, 11) is 3.02. The number of rotatable bonds is 7. The van der Waals surface area contributed by atoms with Gasteiger partial charge in [0.05, 0.1) is 42.2 Å². The van der Waals surface area contributed by atoms with E-state index < -0.39 is 12.1 Å². The average molecular weight is 453 g/mol. The highest BCUT2D eigenvalue weighted by atomic mass is 32.1. The summed E-state index contributed by atoms with van der Waals surface area (Å²) in [5.41, 5.74) is 3.70. The van der Waals surface area contributed by atoms with Gasteiger partial charge in [-0.2, -0.15) is 0 Å². The Bertz CT molecular complexity index is 1140. The van der Waals surface area contributed by atoms with Crippen LogP contribution in [0, 0.1) is 0 Å². The van der Waals surface area contributed by atoms with Crippen molar-refractivity contribution in [1.29, 1.82) is 0 Å². The Balaban J connectivity index is 1.66. The van der Waals surface area contributed by atoms with Crippen LogP contribution in [-0.2, 0) is 27.2 Å². The molecule has 2 aromatic carbocycles. The van der Waals surface area contributed by atoms with E-state index in [9.17, 15) is 9.59 Å². The van der Waals surface area contributed by atoms with Gasteiger partial charge in [0, 0.05) is 24.5 Å². The smallest absolute Gasteiger partial charge is 0.337 e. The summed E-state index contributed by atoms with van der Waals surface area (Å²) in [5, 5.41) is 3.00. The first-order valence-electron chi connectivity index (χ1n) is 10.2. The van der Waals surface area contributed by atoms with Crippen LogP contribution in [0.1, 0.15) is 27.9 Å². The van der Waals surface area contributed by atoms with E-state index in [-0.39, 0.29) is 5.91 Å². The number of fused-ring (bicyclic) bond motifs is 1. The van der Waals surface area contributed by atoms with Crippen LogP contribution in [0.25, 0.3) is 11.3 Å². The predicted octanol–water partition coefficient (Wildman–Crippen LogP) is 4.10. The third kappa shape index (κ3) is 4.51. The Kier molecular flexibility index (Phi) is 6.53. The molecule has 32 heavy (non-hydrogen) atoms. The van der Waals surface area contributed by atoms with Crippen LogP contribution in [0.15, 0.2) is 47.8 Å². The molecule has 0 saturated heterocycles. The molecule has 0 bridgehead atoms. The maximum atomic E-state index is 13.0. The van der Waals surface area contributed by atoms with Crippen molar-refractivity contribution in [3.05, 3.63) is 64.0 Å². The maximum absolute atomic E-state index is 13.0. The molecule has 0 radical (unpaired) electrons. The Morgan fingerprint density at radius 3 is 2.84 bits per heavy atom. The Labute approximate surface area is 190 Å². The van der Waals surface area contributed by atoms with E-state index in [1.807, 2.05) is 29.6 Å². The Hall–Kier alpha value is -3.23. The fourth-order valence-electron chi connectivity index (χ4n) is 3.57. The van der Waals surface area contributed by atoms with E-state index in [1.165, 1.54) is 7.11 Å². The Morgan fingerprint density at radius 2 is 2.06 bits per heavy atom. The monoisotopic (exact) mass is 452 g/mol. The summed E-state index contributed by atoms with van der Waals surface area (Å²) < 4.78 is 15.8. The molecule has 2 heterocycles. The second kappa shape index (κ2) is 9.50. The lowest BCUT2D eigenvalue weighted by Crippen LogP contribution is -2.44. The van der Waals surface area contributed by atoms with E-state index in [0.717, 1.165) is 28.2 Å². The number of hydrogen-bond donors (Lipinski definition) is 0. The number of carbonyl (C=O) groups excluding carboxylic acids is 2. The number of aromatic nitrogens is 1. The number of ether oxygens (including phenoxy) is 3. The fourth-order valence-corrected chi connectivity index (χ4v) is 4.36. The van der Waals surface area contributed by atoms with Crippen LogP contribution in [0.2, 0.25) is 0 Å². The van der Waals surface area contributed by atoms with Crippen LogP contribution in [0.3, 0.4) is 0 Å². The van der Waals surface area contributed by atoms with Crippen LogP contribution >= 0.6 is 11.3 Å². The van der Waals surface area contributed by atoms with Crippen molar-refractivity contribution in [1.82, 2.24) is 4.98 Å². The predicted molar refractivity (Wildman–Crippen MR) is 122 cm³/mol. The van der Waals surface area contributed by atoms with Gasteiger partial charge in [0.2, 0.25) is 0 Å². The molecule has 4 rings (SSSR count). The third-order valence-electron chi connectivity index (χ3n) is 5.22. The molecule has 1 atom stereocenters. The molecule has 3 aromatic rings. The summed E-state index contributed by atoms with van der Waals surface area (Å²) in [4.78, 5) is 31.3. The molecule has 0 spiro atoms. The summed E-state index contributed by atoms with van der Waals surface area (Å²) in [5.74, 6) is 0.0843. The number of methoxy groups -OCH3 is 2. The van der Waals surface area contributed by atoms with Gasteiger partial charge < -0.3 is 19.1 Å². The first-order chi connectivity index (χ1) is 15.5. The highest BCUT2D eigenvalue weighted by Gasteiger charge is 2.32. The number of nitrogens with zero attached hydrogens (tertiary/aromatic N) is 2. The quantitative estimate of drug-likeness (QED) is 0.502. The molecule has 166 valence electrons. The molecule has 0 fully saturated rings. The van der Waals surface area contributed by atoms with E-state index in [1.54, 1.807) is 48.5 Å². The molecule has 0 aliphatic carbocycles. The highest BCUT2D eigenvalue weighted by molar-refractivity contribution is 7.09. The summed E-state index contributed by atoms with van der Waals surface area (Å²) >= 11 is 1.59. The lowest BCUT2D eigenvalue weighted by molar-refractivity contribution is -0.125. The third-order valence-corrected chi connectivity index (χ3v) is 6.13. The van der Waals surface area contributed by atoms with Crippen molar-refractivity contribution in [2.75, 3.05) is 25.7 Å². The lowest BCUT2D eigenvalue weighted by atomic mass is 10.1. The summed E-state index contributed by atoms with van der Waals surface area (Å²) in [6, 6.07) is 12.8. The molecule has 1 amide bonds. The standard InChI is InChI=1S/C24H24N2O5S/c1-15-23(27)26(13-16-5-4-6-18(11-16)24(28)30-3)20-12-17(7-8-21(20)31-15)19-14-32-22(25-19)9-10-29-2/h4-8,11-12,14-15H,9-10,13H2,1-3H3. The molecule has 0 saturated carbocycles. The summed E-state index contributed by atoms with van der Waals surface area (Å²) in [6.07, 6.45) is 0.158. The van der Waals surface area contributed by atoms with E-state index in [2.05, 4.69) is 0 Å². The van der Waals surface area contributed by atoms with Gasteiger partial charge in [-0.25, -0.2) is 9.78 Å². The minimum absolute atomic E-state index is 0.141. The zero-order valence-electron chi connectivity index (χ0n) is 18.2. The molecule has 8 heteroatoms. The minimum Gasteiger partial charge on any atom is -0.479 e. The van der Waals surface area contributed by atoms with Gasteiger partial charge in [-0.3, -0.25) is 4.79 Å². The van der Waals surface area contributed by atoms with Crippen molar-refractivity contribution in [2.45, 2.75) is 26.0 Å². The van der Waals surface area contributed by atoms with Crippen molar-refractivity contribution in [3.63, 3.8) is 0 Å². The SMILES string of the molecule is COCCc1nc(-c2ccc3c(c2)N(Cc2cccc(C(=O)OC)c2)C(=O)C(C)O3)cs1. The van der Waals surface area contributed by atoms with Crippen LogP contribution < -0.4 is 9.64 Å². The zero-order chi connectivity index (χ0) is 22.7. The second-order valence-electron chi connectivity index (χ2n) is 7.43. The fraction of sp³-hybridized carbons (Fsp3) is 0.292. The molecule has 7 nitrogen and oxygen atoms in total. The van der Waals surface area contributed by atoms with Gasteiger partial charge in [0.1, 0.15) is 5.75 Å². The molecule has 1 unspecified atom stereocenters. The average Bonchev–Trinajstić information content (AvgIpc) is 3.29. The van der Waals surface area contributed by atoms with Crippen molar-refractivity contribution in [2.24, 2.45) is 0 Å². The topological polar surface area (TPSA) is 78.0 Å². The Morgan fingerprint density at radius 1 is 1.22 bits per heavy atom. The van der Waals surface area contributed by atoms with E-state index in [4.69, 9.17) is 19.2 Å². The van der Waals surface area contributed by atoms with Crippen LogP contribution in [0.5, 0.6) is 5.75 Å². The van der Waals surface area contributed by atoms with E-state index >= 15 is 0 Å². The number of benzene rings is 2. The first-order valence-corrected chi connectivity index (χ1v) is 11.1. The normalized spacial score (nSPS) is 15.3. The highest BCUT2D eigenvalue weighted by Crippen LogP contribution is 2.38. The first kappa shape index (κ1) is 22.0. The minimum atomic E-state index is -0.600. The number of hydrogen-bond acceptors (Lipinski definition) is 7. The van der Waals surface area contributed by atoms with E-state index in [0.29, 0.717) is 30.2 Å². The van der Waals surface area contributed by atoms with Gasteiger partial charge in [-0.15, -0.1) is 11.3 Å². The largest absolute Gasteiger partial charge is 0.479 e. The zero-order valence-corrected chi connectivity index (χ0v) is 19.0. The van der Waals surface area contributed by atoms with Crippen molar-refractivity contribution >= 4 is 28.9 Å². The van der Waals surface area contributed by atoms with Crippen LogP contribution in [-0.4, -0.2) is 43.8 Å². The van der Waals surface area contributed by atoms with Gasteiger partial charge in [0.25, 0.3) is 5.91 Å². The molecule has 1 aliphatic rings. The van der Waals surface area contributed by atoms with Crippen LogP contribution in [0.4, 0.5) is 5.69 Å². The number of anilines is 1. The second-order valence-corrected chi connectivity index (χ2v) is 8.37. The number of amides is 1. The van der Waals surface area contributed by atoms with Gasteiger partial charge in [-0.1, -0.05) is 12.1 Å². The van der Waals surface area contributed by atoms with Crippen molar-refractivity contribution in [3.8, 4) is 17.0 Å². The van der Waals surface area contributed by atoms with Gasteiger partial charge in [-0.05, 0) is 42.8 Å². The maximum Gasteiger partial charge on any atom is 0.337 e. The van der Waals surface area contributed by atoms with Gasteiger partial charge >= 0.3 is 5.97 Å². The number of thiazole rings is 1. The lowest BCUT2D eigenvalue weighted by Gasteiger charge is -2.33. The van der Waals surface area contributed by atoms with Crippen molar-refractivity contribution < 1.29 is 23.8 Å². The summed E-state index contributed by atoms with van der Waals surface area (Å²) in [6.45, 7) is 2.67. The number of esters is 1. The molecule has 1 aliphatic heterocycles. The van der Waals surface area contributed by atoms with Gasteiger partial charge in [0.15, 0.2) is 6.10 Å². The number of carbonyl (C=O) groups is 2. The molecular formula is C24H24N2O5S. The molecule has 1 aromatic heterocycles. The molecule has 0 N–H and O–H groups in total. The molecular weight excluding hydrogens is 428 g/mol.